The zero-order chi connectivity index (χ0) is 23.4. The van der Waals surface area contributed by atoms with Crippen molar-refractivity contribution in [2.24, 2.45) is 4.99 Å². The van der Waals surface area contributed by atoms with Crippen LogP contribution in [0.5, 0.6) is 0 Å². The first-order chi connectivity index (χ1) is 16.7. The summed E-state index contributed by atoms with van der Waals surface area (Å²) in [5.74, 6) is 1.77. The number of halogens is 1. The van der Waals surface area contributed by atoms with Gasteiger partial charge in [-0.25, -0.2) is 23.8 Å². The van der Waals surface area contributed by atoms with Crippen molar-refractivity contribution in [3.05, 3.63) is 72.4 Å². The molecule has 1 unspecified atom stereocenters. The molecule has 4 heterocycles. The molecule has 1 aromatic carbocycles. The van der Waals surface area contributed by atoms with Crippen LogP contribution < -0.4 is 9.80 Å². The minimum absolute atomic E-state index is 0.140. The Kier molecular flexibility index (Phi) is 6.57. The lowest BCUT2D eigenvalue weighted by atomic mass is 9.97. The number of piperidine rings is 1. The molecule has 2 aliphatic rings. The number of hydrogen-bond donors (Lipinski definition) is 2. The molecule has 2 N–H and O–H groups in total. The van der Waals surface area contributed by atoms with Crippen molar-refractivity contribution in [2.45, 2.75) is 25.4 Å². The molecule has 0 amide bonds. The second-order valence-corrected chi connectivity index (χ2v) is 8.76. The molecule has 0 radical (unpaired) electrons. The molecular formula is C25H29FN7O+. The summed E-state index contributed by atoms with van der Waals surface area (Å²) in [5, 5.41) is 13.6. The van der Waals surface area contributed by atoms with Crippen LogP contribution in [0.1, 0.15) is 18.4 Å². The fraction of sp³-hybridized carbons (Fsp3) is 0.360. The van der Waals surface area contributed by atoms with Gasteiger partial charge in [-0.2, -0.15) is 4.99 Å². The van der Waals surface area contributed by atoms with Crippen molar-refractivity contribution in [1.82, 2.24) is 24.3 Å². The third-order valence-corrected chi connectivity index (χ3v) is 6.84. The molecule has 176 valence electrons. The number of nitrogens with one attached hydrogen (secondary N) is 1. The van der Waals surface area contributed by atoms with Gasteiger partial charge in [-0.1, -0.05) is 12.1 Å². The number of quaternary nitrogens is 1. The summed E-state index contributed by atoms with van der Waals surface area (Å²) in [5.41, 5.74) is 2.02. The highest BCUT2D eigenvalue weighted by Crippen LogP contribution is 2.44. The average molecular weight is 463 g/mol. The Bertz CT molecular complexity index is 1130. The van der Waals surface area contributed by atoms with E-state index in [4.69, 9.17) is 4.99 Å². The van der Waals surface area contributed by atoms with Crippen molar-refractivity contribution in [2.75, 3.05) is 38.1 Å². The minimum Gasteiger partial charge on any atom is -0.384 e. The topological polar surface area (TPSA) is 86.5 Å². The van der Waals surface area contributed by atoms with E-state index in [1.807, 2.05) is 18.2 Å². The van der Waals surface area contributed by atoms with Gasteiger partial charge < -0.3 is 15.3 Å². The molecule has 1 saturated heterocycles. The minimum atomic E-state index is -0.252. The van der Waals surface area contributed by atoms with Crippen LogP contribution in [-0.2, 0) is 6.54 Å². The van der Waals surface area contributed by atoms with Crippen LogP contribution in [0.2, 0.25) is 0 Å². The molecule has 1 fully saturated rings. The molecule has 9 heteroatoms. The van der Waals surface area contributed by atoms with Crippen LogP contribution >= 0.6 is 0 Å². The summed E-state index contributed by atoms with van der Waals surface area (Å²) in [7, 11) is 0. The predicted octanol–water partition coefficient (Wildman–Crippen LogP) is 3.13. The molecule has 2 aromatic heterocycles. The molecule has 0 saturated carbocycles. The van der Waals surface area contributed by atoms with Crippen molar-refractivity contribution >= 4 is 23.3 Å². The van der Waals surface area contributed by atoms with Crippen LogP contribution in [0.25, 0.3) is 0 Å². The highest BCUT2D eigenvalue weighted by atomic mass is 19.1. The summed E-state index contributed by atoms with van der Waals surface area (Å²) in [6.07, 6.45) is 7.11. The fourth-order valence-electron chi connectivity index (χ4n) is 5.19. The molecule has 2 aliphatic heterocycles. The SMILES string of the molecule is OCC1=Nc2ncccc2[N+]1(Cc1ccc(F)cc1)C1CCN(CCNc2ncccn2)CC1. The Hall–Kier alpha value is -3.27. The normalized spacial score (nSPS) is 20.7. The highest BCUT2D eigenvalue weighted by Gasteiger charge is 2.50. The van der Waals surface area contributed by atoms with Crippen molar-refractivity contribution in [1.29, 1.82) is 0 Å². The molecule has 1 atom stereocenters. The van der Waals surface area contributed by atoms with Crippen molar-refractivity contribution < 1.29 is 9.50 Å². The molecule has 0 bridgehead atoms. The number of rotatable bonds is 8. The van der Waals surface area contributed by atoms with E-state index in [1.54, 1.807) is 24.7 Å². The van der Waals surface area contributed by atoms with Crippen LogP contribution in [0.4, 0.5) is 21.8 Å². The van der Waals surface area contributed by atoms with Crippen molar-refractivity contribution in [3.63, 3.8) is 0 Å². The van der Waals surface area contributed by atoms with Crippen LogP contribution in [0, 0.1) is 5.82 Å². The van der Waals surface area contributed by atoms with Gasteiger partial charge >= 0.3 is 0 Å². The number of hydrogen-bond acceptors (Lipinski definition) is 7. The van der Waals surface area contributed by atoms with E-state index >= 15 is 0 Å². The van der Waals surface area contributed by atoms with Crippen molar-refractivity contribution in [3.8, 4) is 0 Å². The lowest BCUT2D eigenvalue weighted by molar-refractivity contribution is 0.151. The van der Waals surface area contributed by atoms with Gasteiger partial charge in [0.25, 0.3) is 0 Å². The van der Waals surface area contributed by atoms with E-state index in [2.05, 4.69) is 31.2 Å². The largest absolute Gasteiger partial charge is 0.384 e. The van der Waals surface area contributed by atoms with E-state index in [1.165, 1.54) is 12.1 Å². The number of likely N-dealkylation sites (tertiary alicyclic amines) is 1. The van der Waals surface area contributed by atoms with Gasteiger partial charge in [0.05, 0.1) is 0 Å². The predicted molar refractivity (Wildman–Crippen MR) is 130 cm³/mol. The summed E-state index contributed by atoms with van der Waals surface area (Å²) in [6.45, 7) is 4.04. The molecule has 34 heavy (non-hydrogen) atoms. The van der Waals surface area contributed by atoms with Gasteiger partial charge in [0.2, 0.25) is 17.6 Å². The first-order valence-corrected chi connectivity index (χ1v) is 11.7. The maximum atomic E-state index is 13.6. The Morgan fingerprint density at radius 2 is 1.74 bits per heavy atom. The first kappa shape index (κ1) is 22.5. The summed E-state index contributed by atoms with van der Waals surface area (Å²) < 4.78 is 14.0. The molecule has 5 rings (SSSR count). The Labute approximate surface area is 198 Å². The third kappa shape index (κ3) is 4.42. The zero-order valence-electron chi connectivity index (χ0n) is 19.0. The van der Waals surface area contributed by atoms with Gasteiger partial charge in [-0.05, 0) is 24.3 Å². The van der Waals surface area contributed by atoms with E-state index in [0.717, 1.165) is 50.3 Å². The fourth-order valence-corrected chi connectivity index (χ4v) is 5.19. The van der Waals surface area contributed by atoms with Gasteiger partial charge in [0.1, 0.15) is 25.0 Å². The number of nitrogens with zero attached hydrogens (tertiary/aromatic N) is 6. The number of benzene rings is 1. The molecule has 3 aromatic rings. The molecule has 8 nitrogen and oxygen atoms in total. The van der Waals surface area contributed by atoms with E-state index in [0.29, 0.717) is 28.6 Å². The Morgan fingerprint density at radius 1 is 1.00 bits per heavy atom. The van der Waals surface area contributed by atoms with Gasteiger partial charge in [-0.3, -0.25) is 0 Å². The standard InChI is InChI=1S/C25H29FN7O/c26-20-6-4-19(5-7-20)17-33(22-3-1-10-27-24(22)31-23(33)18-34)21-8-14-32(15-9-21)16-13-30-25-28-11-2-12-29-25/h1-7,10-12,21,34H,8-9,13-18H2,(H,28,29,30)/q+1. The van der Waals surface area contributed by atoms with Crippen LogP contribution in [0.15, 0.2) is 66.0 Å². The Balaban J connectivity index is 1.34. The first-order valence-electron chi connectivity index (χ1n) is 11.7. The highest BCUT2D eigenvalue weighted by molar-refractivity contribution is 6.02. The summed E-state index contributed by atoms with van der Waals surface area (Å²) >= 11 is 0. The second kappa shape index (κ2) is 9.92. The number of fused-ring (bicyclic) bond motifs is 1. The molecule has 0 aliphatic carbocycles. The molecular weight excluding hydrogens is 433 g/mol. The second-order valence-electron chi connectivity index (χ2n) is 8.76. The Morgan fingerprint density at radius 3 is 2.47 bits per heavy atom. The number of pyridine rings is 1. The van der Waals surface area contributed by atoms with Gasteiger partial charge in [0, 0.05) is 69.2 Å². The maximum absolute atomic E-state index is 13.6. The van der Waals surface area contributed by atoms with Gasteiger partial charge in [-0.15, -0.1) is 0 Å². The smallest absolute Gasteiger partial charge is 0.236 e. The quantitative estimate of drug-likeness (QED) is 0.500. The van der Waals surface area contributed by atoms with E-state index < -0.39 is 0 Å². The number of aliphatic imine (C=N–C) groups is 1. The number of aliphatic hydroxyl groups is 1. The summed E-state index contributed by atoms with van der Waals surface area (Å²) in [4.78, 5) is 20.1. The van der Waals surface area contributed by atoms with Crippen LogP contribution in [0.3, 0.4) is 0 Å². The van der Waals surface area contributed by atoms with E-state index in [9.17, 15) is 9.50 Å². The van der Waals surface area contributed by atoms with Gasteiger partial charge in [0.15, 0.2) is 5.69 Å². The number of aromatic nitrogens is 3. The lowest BCUT2D eigenvalue weighted by Crippen LogP contribution is -2.62. The number of anilines is 1. The maximum Gasteiger partial charge on any atom is 0.236 e. The number of amidine groups is 1. The van der Waals surface area contributed by atoms with Crippen LogP contribution in [-0.4, -0.2) is 69.6 Å². The monoisotopic (exact) mass is 462 g/mol. The number of aliphatic hydroxyl groups excluding tert-OH is 1. The zero-order valence-corrected chi connectivity index (χ0v) is 19.0. The third-order valence-electron chi connectivity index (χ3n) is 6.84. The molecule has 0 spiro atoms. The van der Waals surface area contributed by atoms with E-state index in [-0.39, 0.29) is 18.5 Å². The lowest BCUT2D eigenvalue weighted by Gasteiger charge is -2.45. The average Bonchev–Trinajstić information content (AvgIpc) is 3.21. The summed E-state index contributed by atoms with van der Waals surface area (Å²) in [6, 6.07) is 12.7.